The highest BCUT2D eigenvalue weighted by molar-refractivity contribution is 6.31. The van der Waals surface area contributed by atoms with Crippen LogP contribution in [0.15, 0.2) is 18.2 Å². The summed E-state index contributed by atoms with van der Waals surface area (Å²) in [5.41, 5.74) is 6.39. The summed E-state index contributed by atoms with van der Waals surface area (Å²) in [6.45, 7) is 5.32. The van der Waals surface area contributed by atoms with Crippen LogP contribution in [-0.4, -0.2) is 35.0 Å². The summed E-state index contributed by atoms with van der Waals surface area (Å²) in [5, 5.41) is 9.40. The number of aliphatic carboxylic acids is 1. The summed E-state index contributed by atoms with van der Waals surface area (Å²) < 4.78 is 0. The number of carbonyl (C=O) groups excluding carboxylic acids is 1. The highest BCUT2D eigenvalue weighted by Gasteiger charge is 2.16. The summed E-state index contributed by atoms with van der Waals surface area (Å²) in [6, 6.07) is 4.90. The van der Waals surface area contributed by atoms with Crippen LogP contribution in [0.4, 0.5) is 0 Å². The van der Waals surface area contributed by atoms with E-state index in [1.54, 1.807) is 19.1 Å². The lowest BCUT2D eigenvalue weighted by Crippen LogP contribution is -2.31. The van der Waals surface area contributed by atoms with Gasteiger partial charge in [0.05, 0.1) is 5.92 Å². The van der Waals surface area contributed by atoms with Crippen molar-refractivity contribution in [2.75, 3.05) is 13.1 Å². The summed E-state index contributed by atoms with van der Waals surface area (Å²) in [4.78, 5) is 23.9. The number of nitrogens with two attached hydrogens (primary N) is 1. The molecule has 1 rings (SSSR count). The number of carbonyl (C=O) groups is 2. The van der Waals surface area contributed by atoms with E-state index in [2.05, 4.69) is 0 Å². The van der Waals surface area contributed by atoms with E-state index in [-0.39, 0.29) is 0 Å². The molecule has 5 nitrogen and oxygen atoms in total. The normalized spacial score (nSPS) is 12.4. The molecule has 1 unspecified atom stereocenters. The van der Waals surface area contributed by atoms with Gasteiger partial charge in [-0.05, 0) is 24.2 Å². The van der Waals surface area contributed by atoms with Crippen LogP contribution in [0.2, 0.25) is 5.02 Å². The Balaban J connectivity index is 2.80. The van der Waals surface area contributed by atoms with E-state index in [4.69, 9.17) is 22.4 Å². The van der Waals surface area contributed by atoms with Crippen molar-refractivity contribution in [2.45, 2.75) is 20.4 Å². The first kappa shape index (κ1) is 16.5. The van der Waals surface area contributed by atoms with Gasteiger partial charge in [0.25, 0.3) is 0 Å². The van der Waals surface area contributed by atoms with Gasteiger partial charge in [0.15, 0.2) is 0 Å². The fourth-order valence-electron chi connectivity index (χ4n) is 1.84. The van der Waals surface area contributed by atoms with E-state index in [1.807, 2.05) is 11.8 Å². The maximum absolute atomic E-state index is 11.1. The van der Waals surface area contributed by atoms with Crippen LogP contribution in [0, 0.1) is 5.92 Å². The van der Waals surface area contributed by atoms with Crippen molar-refractivity contribution >= 4 is 23.5 Å². The zero-order valence-corrected chi connectivity index (χ0v) is 12.4. The molecule has 0 saturated carbocycles. The number of primary amides is 1. The van der Waals surface area contributed by atoms with Gasteiger partial charge in [-0.25, -0.2) is 0 Å². The highest BCUT2D eigenvalue weighted by Crippen LogP contribution is 2.20. The Morgan fingerprint density at radius 2 is 2.10 bits per heavy atom. The van der Waals surface area contributed by atoms with Gasteiger partial charge in [0.2, 0.25) is 5.91 Å². The maximum atomic E-state index is 11.1. The fraction of sp³-hybridized carbons (Fsp3) is 0.429. The van der Waals surface area contributed by atoms with Crippen LogP contribution in [0.25, 0.3) is 0 Å². The predicted octanol–water partition coefficient (Wildman–Crippen LogP) is 1.98. The lowest BCUT2D eigenvalue weighted by Gasteiger charge is -2.23. The van der Waals surface area contributed by atoms with E-state index < -0.39 is 17.8 Å². The summed E-state index contributed by atoms with van der Waals surface area (Å²) >= 11 is 6.12. The van der Waals surface area contributed by atoms with Gasteiger partial charge in [0, 0.05) is 23.7 Å². The minimum Gasteiger partial charge on any atom is -0.481 e. The Morgan fingerprint density at radius 1 is 1.45 bits per heavy atom. The number of rotatable bonds is 7. The summed E-state index contributed by atoms with van der Waals surface area (Å²) in [7, 11) is 0. The monoisotopic (exact) mass is 298 g/mol. The first-order valence-electron chi connectivity index (χ1n) is 6.38. The van der Waals surface area contributed by atoms with Crippen molar-refractivity contribution in [3.05, 3.63) is 34.3 Å². The lowest BCUT2D eigenvalue weighted by atomic mass is 10.1. The molecular formula is C14H19ClN2O3. The Bertz CT molecular complexity index is 505. The van der Waals surface area contributed by atoms with Crippen molar-refractivity contribution in [1.29, 1.82) is 0 Å². The molecule has 0 aliphatic carbocycles. The molecule has 0 spiro atoms. The molecule has 1 aromatic carbocycles. The number of carboxylic acid groups (broad SMARTS) is 1. The molecule has 1 aromatic rings. The third kappa shape index (κ3) is 4.51. The first-order valence-corrected chi connectivity index (χ1v) is 6.76. The van der Waals surface area contributed by atoms with Crippen LogP contribution in [-0.2, 0) is 11.3 Å². The SMILES string of the molecule is CCN(Cc1ccc(C(N)=O)cc1Cl)CC(C)C(=O)O. The molecule has 0 aromatic heterocycles. The van der Waals surface area contributed by atoms with Crippen molar-refractivity contribution < 1.29 is 14.7 Å². The Kier molecular flexibility index (Phi) is 5.98. The quantitative estimate of drug-likeness (QED) is 0.806. The van der Waals surface area contributed by atoms with E-state index in [0.29, 0.717) is 30.2 Å². The highest BCUT2D eigenvalue weighted by atomic mass is 35.5. The van der Waals surface area contributed by atoms with Gasteiger partial charge >= 0.3 is 5.97 Å². The standard InChI is InChI=1S/C14H19ClN2O3/c1-3-17(7-9(2)14(19)20)8-11-5-4-10(13(16)18)6-12(11)15/h4-6,9H,3,7-8H2,1-2H3,(H2,16,18)(H,19,20). The van der Waals surface area contributed by atoms with Gasteiger partial charge < -0.3 is 10.8 Å². The zero-order valence-electron chi connectivity index (χ0n) is 11.6. The van der Waals surface area contributed by atoms with Gasteiger partial charge in [-0.1, -0.05) is 31.5 Å². The van der Waals surface area contributed by atoms with Gasteiger partial charge in [-0.3, -0.25) is 14.5 Å². The molecular weight excluding hydrogens is 280 g/mol. The number of halogens is 1. The molecule has 0 aliphatic heterocycles. The topological polar surface area (TPSA) is 83.6 Å². The van der Waals surface area contributed by atoms with E-state index >= 15 is 0 Å². The third-order valence-electron chi connectivity index (χ3n) is 3.13. The molecule has 6 heteroatoms. The Hall–Kier alpha value is -1.59. The van der Waals surface area contributed by atoms with Crippen LogP contribution >= 0.6 is 11.6 Å². The number of hydrogen-bond donors (Lipinski definition) is 2. The van der Waals surface area contributed by atoms with Crippen molar-refractivity contribution in [1.82, 2.24) is 4.90 Å². The molecule has 0 saturated heterocycles. The second-order valence-electron chi connectivity index (χ2n) is 4.74. The molecule has 0 fully saturated rings. The number of benzene rings is 1. The predicted molar refractivity (Wildman–Crippen MR) is 77.7 cm³/mol. The summed E-state index contributed by atoms with van der Waals surface area (Å²) in [6.07, 6.45) is 0. The number of nitrogens with zero attached hydrogens (tertiary/aromatic N) is 1. The second kappa shape index (κ2) is 7.26. The minimum atomic E-state index is -0.821. The van der Waals surface area contributed by atoms with Gasteiger partial charge in [-0.2, -0.15) is 0 Å². The third-order valence-corrected chi connectivity index (χ3v) is 3.48. The van der Waals surface area contributed by atoms with Crippen molar-refractivity contribution in [3.8, 4) is 0 Å². The smallest absolute Gasteiger partial charge is 0.307 e. The van der Waals surface area contributed by atoms with Crippen LogP contribution in [0.3, 0.4) is 0 Å². The average Bonchev–Trinajstić information content (AvgIpc) is 2.39. The molecule has 20 heavy (non-hydrogen) atoms. The molecule has 110 valence electrons. The molecule has 0 radical (unpaired) electrons. The lowest BCUT2D eigenvalue weighted by molar-refractivity contribution is -0.141. The van der Waals surface area contributed by atoms with E-state index in [0.717, 1.165) is 5.56 Å². The zero-order chi connectivity index (χ0) is 15.3. The molecule has 1 atom stereocenters. The Morgan fingerprint density at radius 3 is 2.55 bits per heavy atom. The number of carboxylic acids is 1. The van der Waals surface area contributed by atoms with Crippen molar-refractivity contribution in [2.24, 2.45) is 11.7 Å². The van der Waals surface area contributed by atoms with E-state index in [1.165, 1.54) is 6.07 Å². The van der Waals surface area contributed by atoms with Crippen LogP contribution in [0.5, 0.6) is 0 Å². The summed E-state index contributed by atoms with van der Waals surface area (Å²) in [5.74, 6) is -1.79. The molecule has 0 bridgehead atoms. The largest absolute Gasteiger partial charge is 0.481 e. The fourth-order valence-corrected chi connectivity index (χ4v) is 2.08. The number of amides is 1. The van der Waals surface area contributed by atoms with Gasteiger partial charge in [0.1, 0.15) is 0 Å². The minimum absolute atomic E-state index is 0.362. The Labute approximate surface area is 123 Å². The van der Waals surface area contributed by atoms with E-state index in [9.17, 15) is 9.59 Å². The van der Waals surface area contributed by atoms with Crippen LogP contribution in [0.1, 0.15) is 29.8 Å². The number of hydrogen-bond acceptors (Lipinski definition) is 3. The molecule has 3 N–H and O–H groups in total. The average molecular weight is 299 g/mol. The molecule has 1 amide bonds. The maximum Gasteiger partial charge on any atom is 0.307 e. The van der Waals surface area contributed by atoms with Crippen LogP contribution < -0.4 is 5.73 Å². The first-order chi connectivity index (χ1) is 9.35. The molecule has 0 aliphatic rings. The second-order valence-corrected chi connectivity index (χ2v) is 5.14. The van der Waals surface area contributed by atoms with Gasteiger partial charge in [-0.15, -0.1) is 0 Å². The molecule has 0 heterocycles. The van der Waals surface area contributed by atoms with Crippen molar-refractivity contribution in [3.63, 3.8) is 0 Å².